The van der Waals surface area contributed by atoms with Crippen molar-refractivity contribution in [2.45, 2.75) is 59.3 Å². The molecule has 9 nitrogen and oxygen atoms in total. The highest BCUT2D eigenvalue weighted by atomic mass is 16.4. The molecule has 6 heterocycles. The summed E-state index contributed by atoms with van der Waals surface area (Å²) in [6.45, 7) is 12.0. The fraction of sp³-hybridized carbons (Fsp3) is 0.333. The molecule has 36 heavy (non-hydrogen) atoms. The van der Waals surface area contributed by atoms with Crippen LogP contribution in [-0.4, -0.2) is 29.9 Å². The molecule has 0 spiro atoms. The molecule has 0 N–H and O–H groups in total. The van der Waals surface area contributed by atoms with Gasteiger partial charge in [-0.05, 0) is 36.4 Å². The number of aromatic nitrogens is 6. The zero-order chi connectivity index (χ0) is 28.3. The van der Waals surface area contributed by atoms with Crippen molar-refractivity contribution in [3.8, 4) is 0 Å². The standard InChI is InChI=1S/3C9H10N2O/c3*1-6(2)9-11-8-7(12-9)4-3-5-10-8/h3*3-6H,1-2H3/i5T;4T;3T. The molecule has 0 aliphatic heterocycles. The van der Waals surface area contributed by atoms with E-state index in [-0.39, 0.29) is 23.9 Å². The smallest absolute Gasteiger partial charge is 0.199 e. The first kappa shape index (κ1) is 21.2. The average Bonchev–Trinajstić information content (AvgIpc) is 3.61. The zero-order valence-corrected chi connectivity index (χ0v) is 21.1. The summed E-state index contributed by atoms with van der Waals surface area (Å²) in [7, 11) is 0. The maximum atomic E-state index is 7.54. The Morgan fingerprint density at radius 2 is 1.11 bits per heavy atom. The van der Waals surface area contributed by atoms with E-state index in [4.69, 9.17) is 17.4 Å². The maximum absolute atomic E-state index is 7.54. The molecule has 186 valence electrons. The van der Waals surface area contributed by atoms with Crippen LogP contribution < -0.4 is 0 Å². The van der Waals surface area contributed by atoms with E-state index >= 15 is 0 Å². The Hall–Kier alpha value is -4.14. The molecule has 0 radical (unpaired) electrons. The first-order valence-corrected chi connectivity index (χ1v) is 11.7. The van der Waals surface area contributed by atoms with Gasteiger partial charge in [0.15, 0.2) is 51.4 Å². The minimum absolute atomic E-state index is 0.219. The number of fused-ring (bicyclic) bond motifs is 3. The van der Waals surface area contributed by atoms with Crippen LogP contribution in [0.15, 0.2) is 68.2 Å². The van der Waals surface area contributed by atoms with Crippen LogP contribution in [0.3, 0.4) is 0 Å². The van der Waals surface area contributed by atoms with E-state index < -0.39 is 0 Å². The quantitative estimate of drug-likeness (QED) is 0.256. The second-order valence-corrected chi connectivity index (χ2v) is 8.88. The largest absolute Gasteiger partial charge is 0.439 e. The highest BCUT2D eigenvalue weighted by Gasteiger charge is 2.10. The fourth-order valence-corrected chi connectivity index (χ4v) is 2.95. The van der Waals surface area contributed by atoms with Gasteiger partial charge < -0.3 is 13.3 Å². The molecule has 0 amide bonds. The average molecular weight is 493 g/mol. The summed E-state index contributed by atoms with van der Waals surface area (Å²) in [4.78, 5) is 24.5. The topological polar surface area (TPSA) is 117 Å². The van der Waals surface area contributed by atoms with E-state index in [1.165, 1.54) is 6.20 Å². The first-order chi connectivity index (χ1) is 18.5. The van der Waals surface area contributed by atoms with E-state index in [0.717, 1.165) is 0 Å². The summed E-state index contributed by atoms with van der Waals surface area (Å²) in [5, 5.41) is 0. The predicted octanol–water partition coefficient (Wildman–Crippen LogP) is 7.04. The third-order valence-electron chi connectivity index (χ3n) is 4.85. The van der Waals surface area contributed by atoms with E-state index in [1.54, 1.807) is 30.5 Å². The Bertz CT molecular complexity index is 1620. The normalized spacial score (nSPS) is 12.4. The van der Waals surface area contributed by atoms with E-state index in [0.29, 0.717) is 63.4 Å². The third kappa shape index (κ3) is 5.91. The molecule has 0 aliphatic carbocycles. The third-order valence-corrected chi connectivity index (χ3v) is 4.85. The molecule has 0 saturated carbocycles. The van der Waals surface area contributed by atoms with Gasteiger partial charge in [0, 0.05) is 36.3 Å². The zero-order valence-electron chi connectivity index (χ0n) is 24.1. The van der Waals surface area contributed by atoms with Gasteiger partial charge in [-0.25, -0.2) is 15.0 Å². The molecular weight excluding hydrogens is 456 g/mol. The molecule has 9 heteroatoms. The highest BCUT2D eigenvalue weighted by molar-refractivity contribution is 5.68. The highest BCUT2D eigenvalue weighted by Crippen LogP contribution is 2.20. The van der Waals surface area contributed by atoms with Crippen molar-refractivity contribution < 1.29 is 17.4 Å². The van der Waals surface area contributed by atoms with Crippen molar-refractivity contribution in [2.75, 3.05) is 0 Å². The molecule has 0 fully saturated rings. The van der Waals surface area contributed by atoms with Crippen molar-refractivity contribution in [1.82, 2.24) is 29.9 Å². The van der Waals surface area contributed by atoms with Gasteiger partial charge >= 0.3 is 0 Å². The number of pyridine rings is 3. The van der Waals surface area contributed by atoms with Crippen LogP contribution in [-0.2, 0) is 0 Å². The van der Waals surface area contributed by atoms with Crippen molar-refractivity contribution in [2.24, 2.45) is 0 Å². The van der Waals surface area contributed by atoms with Crippen LogP contribution >= 0.6 is 0 Å². The lowest BCUT2D eigenvalue weighted by molar-refractivity contribution is 0.501. The Kier molecular flexibility index (Phi) is 6.51. The lowest BCUT2D eigenvalue weighted by Crippen LogP contribution is -1.85. The maximum Gasteiger partial charge on any atom is 0.199 e. The van der Waals surface area contributed by atoms with Crippen LogP contribution in [0.25, 0.3) is 33.7 Å². The van der Waals surface area contributed by atoms with Crippen LogP contribution in [0.1, 0.15) is 81.1 Å². The molecule has 0 bridgehead atoms. The Morgan fingerprint density at radius 3 is 1.69 bits per heavy atom. The van der Waals surface area contributed by atoms with Gasteiger partial charge in [0.2, 0.25) is 0 Å². The van der Waals surface area contributed by atoms with Gasteiger partial charge in [0.05, 0.1) is 4.11 Å². The molecule has 6 rings (SSSR count). The minimum Gasteiger partial charge on any atom is -0.439 e. The number of hydrogen-bond acceptors (Lipinski definition) is 9. The van der Waals surface area contributed by atoms with Gasteiger partial charge in [-0.15, -0.1) is 0 Å². The lowest BCUT2D eigenvalue weighted by Gasteiger charge is -1.93. The molecule has 6 aromatic heterocycles. The monoisotopic (exact) mass is 492 g/mol. The number of nitrogens with zero attached hydrogens (tertiary/aromatic N) is 6. The summed E-state index contributed by atoms with van der Waals surface area (Å²) in [6, 6.07) is 7.23. The van der Waals surface area contributed by atoms with Gasteiger partial charge in [0.25, 0.3) is 0 Å². The Balaban J connectivity index is 0.000000136. The van der Waals surface area contributed by atoms with Crippen molar-refractivity contribution >= 4 is 33.7 Å². The molecule has 0 aliphatic rings. The van der Waals surface area contributed by atoms with Gasteiger partial charge in [-0.3, -0.25) is 0 Å². The SMILES string of the molecule is [3H]c1ccc2oc(C(C)C)nc2n1.[3H]c1ccnc2nc(C(C)C)oc12.[3H]c1cnc2nc(C(C)C)oc2c1. The van der Waals surface area contributed by atoms with Crippen molar-refractivity contribution in [1.29, 1.82) is 0 Å². The van der Waals surface area contributed by atoms with E-state index in [2.05, 4.69) is 29.9 Å². The molecule has 0 saturated heterocycles. The molecule has 0 unspecified atom stereocenters. The predicted molar refractivity (Wildman–Crippen MR) is 138 cm³/mol. The summed E-state index contributed by atoms with van der Waals surface area (Å²) in [5.74, 6) is 2.73. The van der Waals surface area contributed by atoms with Crippen molar-refractivity contribution in [3.63, 3.8) is 0 Å². The van der Waals surface area contributed by atoms with Gasteiger partial charge in [-0.1, -0.05) is 41.5 Å². The van der Waals surface area contributed by atoms with Crippen molar-refractivity contribution in [3.05, 3.63) is 72.6 Å². The molecule has 6 aromatic rings. The minimum atomic E-state index is 0.219. The van der Waals surface area contributed by atoms with Crippen LogP contribution in [0.5, 0.6) is 0 Å². The first-order valence-electron chi connectivity index (χ1n) is 13.2. The van der Waals surface area contributed by atoms with E-state index in [1.807, 2.05) is 41.5 Å². The summed E-state index contributed by atoms with van der Waals surface area (Å²) in [6.07, 6.45) is 3.25. The van der Waals surface area contributed by atoms with Gasteiger partial charge in [0.1, 0.15) is 0 Å². The van der Waals surface area contributed by atoms with Crippen LogP contribution in [0.2, 0.25) is 0 Å². The fourth-order valence-electron chi connectivity index (χ4n) is 2.95. The number of rotatable bonds is 3. The second kappa shape index (κ2) is 11.1. The molecule has 0 aromatic carbocycles. The number of oxazole rings is 3. The Labute approximate surface area is 213 Å². The second-order valence-electron chi connectivity index (χ2n) is 8.88. The van der Waals surface area contributed by atoms with Crippen LogP contribution in [0, 0.1) is 0 Å². The Morgan fingerprint density at radius 1 is 0.611 bits per heavy atom. The van der Waals surface area contributed by atoms with Crippen LogP contribution in [0.4, 0.5) is 0 Å². The molecule has 0 atom stereocenters. The summed E-state index contributed by atoms with van der Waals surface area (Å²) >= 11 is 0. The summed E-state index contributed by atoms with van der Waals surface area (Å²) in [5.41, 5.74) is 3.36. The van der Waals surface area contributed by atoms with Gasteiger partial charge in [-0.2, -0.15) is 15.0 Å². The molecular formula is C27H30N6O3. The lowest BCUT2D eigenvalue weighted by atomic mass is 10.2. The van der Waals surface area contributed by atoms with E-state index in [9.17, 15) is 0 Å². The number of hydrogen-bond donors (Lipinski definition) is 0. The summed E-state index contributed by atoms with van der Waals surface area (Å²) < 4.78 is 38.4.